The van der Waals surface area contributed by atoms with Crippen LogP contribution in [0.2, 0.25) is 0 Å². The maximum Gasteiger partial charge on any atom is 0.316 e. The number of nitrogens with two attached hydrogens (primary N) is 2. The minimum atomic E-state index is -0.857. The number of nitrogens with one attached hydrogen (secondary N) is 2. The van der Waals surface area contributed by atoms with Crippen molar-refractivity contribution in [2.45, 2.75) is 32.2 Å². The molecule has 1 aromatic carbocycles. The van der Waals surface area contributed by atoms with Crippen LogP contribution in [0.1, 0.15) is 26.7 Å². The van der Waals surface area contributed by atoms with Crippen LogP contribution in [0.25, 0.3) is 0 Å². The fourth-order valence-corrected chi connectivity index (χ4v) is 1.61. The van der Waals surface area contributed by atoms with Gasteiger partial charge in [0, 0.05) is 11.4 Å². The highest BCUT2D eigenvalue weighted by molar-refractivity contribution is 5.98. The lowest BCUT2D eigenvalue weighted by Crippen LogP contribution is -2.50. The van der Waals surface area contributed by atoms with Gasteiger partial charge >= 0.3 is 6.03 Å². The number of benzene rings is 1. The number of hydrogen-bond donors (Lipinski definition) is 4. The van der Waals surface area contributed by atoms with Gasteiger partial charge in [-0.2, -0.15) is 0 Å². The molecule has 0 saturated carbocycles. The number of amides is 3. The van der Waals surface area contributed by atoms with Crippen LogP contribution in [0.4, 0.5) is 16.2 Å². The van der Waals surface area contributed by atoms with Gasteiger partial charge in [0.05, 0.1) is 5.54 Å². The first-order valence-corrected chi connectivity index (χ1v) is 6.18. The second kappa shape index (κ2) is 6.19. The number of carbonyl (C=O) groups is 2. The predicted octanol–water partition coefficient (Wildman–Crippen LogP) is 1.63. The Morgan fingerprint density at radius 1 is 1.05 bits per heavy atom. The molecular weight excluding hydrogens is 244 g/mol. The summed E-state index contributed by atoms with van der Waals surface area (Å²) in [4.78, 5) is 22.7. The third kappa shape index (κ3) is 3.96. The summed E-state index contributed by atoms with van der Waals surface area (Å²) in [6.07, 6.45) is 1.13. The lowest BCUT2D eigenvalue weighted by atomic mass is 9.93. The van der Waals surface area contributed by atoms with E-state index in [0.29, 0.717) is 24.2 Å². The largest absolute Gasteiger partial charge is 0.351 e. The highest BCUT2D eigenvalue weighted by Crippen LogP contribution is 2.17. The smallest absolute Gasteiger partial charge is 0.316 e. The molecule has 0 radical (unpaired) electrons. The summed E-state index contributed by atoms with van der Waals surface area (Å²) in [5.41, 5.74) is 11.3. The first kappa shape index (κ1) is 15.0. The Morgan fingerprint density at radius 2 is 1.47 bits per heavy atom. The molecule has 0 aliphatic carbocycles. The zero-order valence-electron chi connectivity index (χ0n) is 11.2. The van der Waals surface area contributed by atoms with Crippen LogP contribution in [-0.2, 0) is 4.79 Å². The van der Waals surface area contributed by atoms with E-state index in [1.54, 1.807) is 24.3 Å². The third-order valence-corrected chi connectivity index (χ3v) is 3.12. The fourth-order valence-electron chi connectivity index (χ4n) is 1.61. The van der Waals surface area contributed by atoms with Crippen molar-refractivity contribution >= 4 is 23.3 Å². The summed E-state index contributed by atoms with van der Waals surface area (Å²) in [6, 6.07) is 6.02. The Bertz CT molecular complexity index is 452. The molecule has 1 aromatic rings. The molecule has 0 aliphatic rings. The van der Waals surface area contributed by atoms with Crippen LogP contribution >= 0.6 is 0 Å². The van der Waals surface area contributed by atoms with Crippen molar-refractivity contribution in [1.29, 1.82) is 0 Å². The zero-order valence-corrected chi connectivity index (χ0v) is 11.2. The van der Waals surface area contributed by atoms with Gasteiger partial charge in [0.2, 0.25) is 5.91 Å². The second-order valence-corrected chi connectivity index (χ2v) is 4.38. The summed E-state index contributed by atoms with van der Waals surface area (Å²) < 4.78 is 0. The highest BCUT2D eigenvalue weighted by atomic mass is 16.2. The van der Waals surface area contributed by atoms with Crippen LogP contribution in [0.3, 0.4) is 0 Å². The predicted molar refractivity (Wildman–Crippen MR) is 75.8 cm³/mol. The number of hydrogen-bond acceptors (Lipinski definition) is 3. The minimum absolute atomic E-state index is 0.215. The average molecular weight is 264 g/mol. The Labute approximate surface area is 112 Å². The molecule has 0 bridgehead atoms. The third-order valence-electron chi connectivity index (χ3n) is 3.12. The van der Waals surface area contributed by atoms with Gasteiger partial charge in [-0.3, -0.25) is 4.79 Å². The normalized spacial score (nSPS) is 10.9. The molecule has 0 heterocycles. The molecule has 0 saturated heterocycles. The Hall–Kier alpha value is -2.08. The standard InChI is InChI=1S/C13H20N4O2/c1-3-13(15,4-2)11(18)16-9-5-7-10(8-6-9)17-12(14)19/h5-8H,3-4,15H2,1-2H3,(H,16,18)(H3,14,17,19). The summed E-state index contributed by atoms with van der Waals surface area (Å²) in [7, 11) is 0. The molecule has 0 aromatic heterocycles. The Balaban J connectivity index is 2.73. The van der Waals surface area contributed by atoms with Crippen LogP contribution < -0.4 is 22.1 Å². The molecule has 0 fully saturated rings. The van der Waals surface area contributed by atoms with Gasteiger partial charge in [0.15, 0.2) is 0 Å². The van der Waals surface area contributed by atoms with Crippen LogP contribution in [-0.4, -0.2) is 17.5 Å². The van der Waals surface area contributed by atoms with E-state index in [-0.39, 0.29) is 5.91 Å². The van der Waals surface area contributed by atoms with Gasteiger partial charge in [-0.05, 0) is 37.1 Å². The van der Waals surface area contributed by atoms with Gasteiger partial charge in [0.25, 0.3) is 0 Å². The molecule has 6 N–H and O–H groups in total. The monoisotopic (exact) mass is 264 g/mol. The second-order valence-electron chi connectivity index (χ2n) is 4.38. The van der Waals surface area contributed by atoms with E-state index in [2.05, 4.69) is 10.6 Å². The Morgan fingerprint density at radius 3 is 1.84 bits per heavy atom. The topological polar surface area (TPSA) is 110 Å². The quantitative estimate of drug-likeness (QED) is 0.648. The van der Waals surface area contributed by atoms with Crippen molar-refractivity contribution in [2.75, 3.05) is 10.6 Å². The van der Waals surface area contributed by atoms with E-state index >= 15 is 0 Å². The molecule has 19 heavy (non-hydrogen) atoms. The minimum Gasteiger partial charge on any atom is -0.351 e. The molecule has 3 amide bonds. The van der Waals surface area contributed by atoms with Gasteiger partial charge in [-0.25, -0.2) is 4.79 Å². The van der Waals surface area contributed by atoms with E-state index in [1.807, 2.05) is 13.8 Å². The summed E-state index contributed by atoms with van der Waals surface area (Å²) in [5, 5.41) is 5.20. The first-order chi connectivity index (χ1) is 8.91. The van der Waals surface area contributed by atoms with Crippen molar-refractivity contribution in [3.63, 3.8) is 0 Å². The van der Waals surface area contributed by atoms with Crippen LogP contribution in [0.5, 0.6) is 0 Å². The van der Waals surface area contributed by atoms with Crippen LogP contribution in [0, 0.1) is 0 Å². The number of rotatable bonds is 5. The number of anilines is 2. The fraction of sp³-hybridized carbons (Fsp3) is 0.385. The molecule has 0 spiro atoms. The van der Waals surface area contributed by atoms with E-state index in [4.69, 9.17) is 11.5 Å². The van der Waals surface area contributed by atoms with Crippen molar-refractivity contribution in [1.82, 2.24) is 0 Å². The Kier molecular flexibility index (Phi) is 4.88. The van der Waals surface area contributed by atoms with Gasteiger partial charge in [0.1, 0.15) is 0 Å². The maximum absolute atomic E-state index is 12.0. The molecule has 6 heteroatoms. The van der Waals surface area contributed by atoms with Crippen molar-refractivity contribution < 1.29 is 9.59 Å². The van der Waals surface area contributed by atoms with Crippen molar-refractivity contribution in [3.05, 3.63) is 24.3 Å². The highest BCUT2D eigenvalue weighted by Gasteiger charge is 2.29. The van der Waals surface area contributed by atoms with Crippen molar-refractivity contribution in [3.8, 4) is 0 Å². The summed E-state index contributed by atoms with van der Waals surface area (Å²) >= 11 is 0. The number of carbonyl (C=O) groups excluding carboxylic acids is 2. The van der Waals surface area contributed by atoms with E-state index in [1.165, 1.54) is 0 Å². The summed E-state index contributed by atoms with van der Waals surface area (Å²) in [6.45, 7) is 3.76. The van der Waals surface area contributed by atoms with E-state index < -0.39 is 11.6 Å². The molecule has 6 nitrogen and oxygen atoms in total. The lowest BCUT2D eigenvalue weighted by molar-refractivity contribution is -0.121. The zero-order chi connectivity index (χ0) is 14.5. The van der Waals surface area contributed by atoms with E-state index in [9.17, 15) is 9.59 Å². The first-order valence-electron chi connectivity index (χ1n) is 6.18. The lowest BCUT2D eigenvalue weighted by Gasteiger charge is -2.25. The van der Waals surface area contributed by atoms with Crippen molar-refractivity contribution in [2.24, 2.45) is 11.5 Å². The molecular formula is C13H20N4O2. The van der Waals surface area contributed by atoms with Gasteiger partial charge < -0.3 is 22.1 Å². The number of primary amides is 1. The molecule has 0 atom stereocenters. The number of urea groups is 1. The van der Waals surface area contributed by atoms with Crippen LogP contribution in [0.15, 0.2) is 24.3 Å². The average Bonchev–Trinajstić information content (AvgIpc) is 2.39. The maximum atomic E-state index is 12.0. The molecule has 0 aliphatic heterocycles. The summed E-state index contributed by atoms with van der Waals surface area (Å²) in [5.74, 6) is -0.215. The van der Waals surface area contributed by atoms with Gasteiger partial charge in [-0.1, -0.05) is 13.8 Å². The van der Waals surface area contributed by atoms with E-state index in [0.717, 1.165) is 0 Å². The molecule has 0 unspecified atom stereocenters. The van der Waals surface area contributed by atoms with Gasteiger partial charge in [-0.15, -0.1) is 0 Å². The SMILES string of the molecule is CCC(N)(CC)C(=O)Nc1ccc(NC(N)=O)cc1. The molecule has 1 rings (SSSR count). The molecule has 104 valence electrons.